The quantitative estimate of drug-likeness (QED) is 0.350. The summed E-state index contributed by atoms with van der Waals surface area (Å²) in [5.41, 5.74) is 1.21. The average Bonchev–Trinajstić information content (AvgIpc) is 3.06. The molecular formula is C18H24F3IN4S. The smallest absolute Gasteiger partial charge is 0.356 e. The molecule has 0 aliphatic rings. The number of thiazole rings is 1. The van der Waals surface area contributed by atoms with Crippen LogP contribution in [0.3, 0.4) is 0 Å². The molecule has 4 nitrogen and oxygen atoms in total. The van der Waals surface area contributed by atoms with E-state index >= 15 is 0 Å². The second-order valence-corrected chi connectivity index (χ2v) is 6.80. The van der Waals surface area contributed by atoms with Crippen molar-refractivity contribution in [2.45, 2.75) is 32.5 Å². The first-order valence-corrected chi connectivity index (χ1v) is 9.22. The minimum Gasteiger partial charge on any atom is -0.356 e. The van der Waals surface area contributed by atoms with E-state index in [1.807, 2.05) is 11.9 Å². The standard InChI is InChI=1S/C18H23F3N4S.HI/c1-4-16-24-15(12-26-16)9-10-23-17(22-2)25(3)11-13-5-7-14(8-6-13)18(19,20)21;/h5-8,12H,4,9-11H2,1-3H3,(H,22,23);1H. The molecule has 1 aromatic heterocycles. The summed E-state index contributed by atoms with van der Waals surface area (Å²) in [6.45, 7) is 3.24. The van der Waals surface area contributed by atoms with E-state index in [0.29, 0.717) is 19.0 Å². The maximum absolute atomic E-state index is 12.6. The molecule has 1 aromatic carbocycles. The predicted molar refractivity (Wildman–Crippen MR) is 115 cm³/mol. The number of aromatic nitrogens is 1. The van der Waals surface area contributed by atoms with Gasteiger partial charge in [0.1, 0.15) is 0 Å². The molecule has 0 amide bonds. The molecule has 1 N–H and O–H groups in total. The van der Waals surface area contributed by atoms with E-state index in [-0.39, 0.29) is 24.0 Å². The normalized spacial score (nSPS) is 11.9. The number of benzene rings is 1. The fourth-order valence-corrected chi connectivity index (χ4v) is 3.24. The highest BCUT2D eigenvalue weighted by atomic mass is 127. The molecule has 0 radical (unpaired) electrons. The number of halogens is 4. The predicted octanol–water partition coefficient (Wildman–Crippen LogP) is 4.59. The fraction of sp³-hybridized carbons (Fsp3) is 0.444. The lowest BCUT2D eigenvalue weighted by atomic mass is 10.1. The van der Waals surface area contributed by atoms with E-state index in [2.05, 4.69) is 27.6 Å². The van der Waals surface area contributed by atoms with Crippen LogP contribution in [0.25, 0.3) is 0 Å². The fourth-order valence-electron chi connectivity index (χ4n) is 2.46. The third kappa shape index (κ3) is 7.28. The van der Waals surface area contributed by atoms with Gasteiger partial charge < -0.3 is 10.2 Å². The number of nitrogens with one attached hydrogen (secondary N) is 1. The van der Waals surface area contributed by atoms with E-state index in [1.54, 1.807) is 18.4 Å². The molecule has 0 spiro atoms. The third-order valence-electron chi connectivity index (χ3n) is 3.84. The summed E-state index contributed by atoms with van der Waals surface area (Å²) in [5, 5.41) is 6.45. The molecule has 0 aliphatic carbocycles. The van der Waals surface area contributed by atoms with Gasteiger partial charge in [-0.05, 0) is 24.1 Å². The van der Waals surface area contributed by atoms with Gasteiger partial charge in [0.2, 0.25) is 0 Å². The number of aliphatic imine (C=N–C) groups is 1. The number of hydrogen-bond acceptors (Lipinski definition) is 3. The molecule has 0 bridgehead atoms. The summed E-state index contributed by atoms with van der Waals surface area (Å²) in [6.07, 6.45) is -2.57. The maximum Gasteiger partial charge on any atom is 0.416 e. The molecule has 2 aromatic rings. The summed E-state index contributed by atoms with van der Waals surface area (Å²) in [7, 11) is 3.54. The zero-order valence-electron chi connectivity index (χ0n) is 15.5. The molecule has 0 saturated heterocycles. The second kappa shape index (κ2) is 10.8. The monoisotopic (exact) mass is 512 g/mol. The summed E-state index contributed by atoms with van der Waals surface area (Å²) in [6, 6.07) is 5.20. The molecule has 0 fully saturated rings. The summed E-state index contributed by atoms with van der Waals surface area (Å²) in [5.74, 6) is 0.691. The van der Waals surface area contributed by atoms with Crippen molar-refractivity contribution in [2.75, 3.05) is 20.6 Å². The minimum absolute atomic E-state index is 0. The SMILES string of the molecule is CCc1nc(CCNC(=NC)N(C)Cc2ccc(C(F)(F)F)cc2)cs1.I. The summed E-state index contributed by atoms with van der Waals surface area (Å²) >= 11 is 1.67. The largest absolute Gasteiger partial charge is 0.416 e. The Hall–Kier alpha value is -1.36. The van der Waals surface area contributed by atoms with E-state index in [4.69, 9.17) is 0 Å². The van der Waals surface area contributed by atoms with Gasteiger partial charge in [-0.3, -0.25) is 4.99 Å². The highest BCUT2D eigenvalue weighted by molar-refractivity contribution is 14.0. The molecule has 2 rings (SSSR count). The molecule has 150 valence electrons. The van der Waals surface area contributed by atoms with Gasteiger partial charge in [-0.2, -0.15) is 13.2 Å². The number of hydrogen-bond donors (Lipinski definition) is 1. The Morgan fingerprint density at radius 1 is 1.26 bits per heavy atom. The van der Waals surface area contributed by atoms with Crippen LogP contribution in [0.1, 0.15) is 28.8 Å². The molecule has 0 unspecified atom stereocenters. The molecule has 0 saturated carbocycles. The van der Waals surface area contributed by atoms with Gasteiger partial charge >= 0.3 is 6.18 Å². The lowest BCUT2D eigenvalue weighted by molar-refractivity contribution is -0.137. The van der Waals surface area contributed by atoms with Gasteiger partial charge in [0, 0.05) is 39.0 Å². The van der Waals surface area contributed by atoms with Crippen LogP contribution in [0.15, 0.2) is 34.6 Å². The number of aryl methyl sites for hydroxylation is 1. The van der Waals surface area contributed by atoms with Gasteiger partial charge in [-0.15, -0.1) is 35.3 Å². The van der Waals surface area contributed by atoms with Crippen molar-refractivity contribution in [2.24, 2.45) is 4.99 Å². The zero-order chi connectivity index (χ0) is 19.2. The first-order valence-electron chi connectivity index (χ1n) is 8.34. The topological polar surface area (TPSA) is 40.5 Å². The van der Waals surface area contributed by atoms with Crippen molar-refractivity contribution >= 4 is 41.3 Å². The number of rotatable bonds is 6. The van der Waals surface area contributed by atoms with Crippen LogP contribution in [-0.4, -0.2) is 36.5 Å². The van der Waals surface area contributed by atoms with Gasteiger partial charge in [-0.25, -0.2) is 4.98 Å². The maximum atomic E-state index is 12.6. The van der Waals surface area contributed by atoms with Crippen LogP contribution < -0.4 is 5.32 Å². The van der Waals surface area contributed by atoms with Crippen LogP contribution in [0, 0.1) is 0 Å². The van der Waals surface area contributed by atoms with Crippen LogP contribution in [0.2, 0.25) is 0 Å². The molecule has 9 heteroatoms. The van der Waals surface area contributed by atoms with E-state index in [9.17, 15) is 13.2 Å². The molecule has 0 aliphatic heterocycles. The van der Waals surface area contributed by atoms with E-state index < -0.39 is 11.7 Å². The third-order valence-corrected chi connectivity index (χ3v) is 4.88. The minimum atomic E-state index is -4.31. The van der Waals surface area contributed by atoms with Crippen molar-refractivity contribution in [1.82, 2.24) is 15.2 Å². The Bertz CT molecular complexity index is 729. The highest BCUT2D eigenvalue weighted by Gasteiger charge is 2.29. The van der Waals surface area contributed by atoms with Crippen LogP contribution >= 0.6 is 35.3 Å². The summed E-state index contributed by atoms with van der Waals surface area (Å²) < 4.78 is 37.9. The molecule has 0 atom stereocenters. The van der Waals surface area contributed by atoms with Crippen molar-refractivity contribution < 1.29 is 13.2 Å². The first kappa shape index (κ1) is 23.7. The van der Waals surface area contributed by atoms with Crippen LogP contribution in [0.5, 0.6) is 0 Å². The van der Waals surface area contributed by atoms with Crippen molar-refractivity contribution in [1.29, 1.82) is 0 Å². The van der Waals surface area contributed by atoms with Crippen LogP contribution in [0.4, 0.5) is 13.2 Å². The van der Waals surface area contributed by atoms with Crippen molar-refractivity contribution in [3.8, 4) is 0 Å². The van der Waals surface area contributed by atoms with E-state index in [0.717, 1.165) is 41.2 Å². The Labute approximate surface area is 178 Å². The van der Waals surface area contributed by atoms with Gasteiger partial charge in [0.15, 0.2) is 5.96 Å². The summed E-state index contributed by atoms with van der Waals surface area (Å²) in [4.78, 5) is 10.6. The Kier molecular flexibility index (Phi) is 9.51. The Balaban J connectivity index is 0.00000364. The van der Waals surface area contributed by atoms with Crippen LogP contribution in [-0.2, 0) is 25.6 Å². The average molecular weight is 512 g/mol. The molecule has 1 heterocycles. The molecule has 27 heavy (non-hydrogen) atoms. The number of nitrogens with zero attached hydrogens (tertiary/aromatic N) is 3. The Morgan fingerprint density at radius 2 is 1.93 bits per heavy atom. The number of alkyl halides is 3. The number of guanidine groups is 1. The van der Waals surface area contributed by atoms with Gasteiger partial charge in [0.25, 0.3) is 0 Å². The first-order chi connectivity index (χ1) is 12.3. The van der Waals surface area contributed by atoms with Crippen molar-refractivity contribution in [3.63, 3.8) is 0 Å². The van der Waals surface area contributed by atoms with Crippen molar-refractivity contribution in [3.05, 3.63) is 51.5 Å². The second-order valence-electron chi connectivity index (χ2n) is 5.86. The van der Waals surface area contributed by atoms with Gasteiger partial charge in [0.05, 0.1) is 16.3 Å². The van der Waals surface area contributed by atoms with E-state index in [1.165, 1.54) is 12.1 Å². The zero-order valence-corrected chi connectivity index (χ0v) is 18.7. The Morgan fingerprint density at radius 3 is 2.44 bits per heavy atom. The lowest BCUT2D eigenvalue weighted by Crippen LogP contribution is -2.39. The lowest BCUT2D eigenvalue weighted by Gasteiger charge is -2.22. The molecular weight excluding hydrogens is 488 g/mol. The highest BCUT2D eigenvalue weighted by Crippen LogP contribution is 2.29. The van der Waals surface area contributed by atoms with Gasteiger partial charge in [-0.1, -0.05) is 19.1 Å².